The van der Waals surface area contributed by atoms with Crippen LogP contribution in [0.1, 0.15) is 33.6 Å². The Kier molecular flexibility index (Phi) is 9.94. The highest BCUT2D eigenvalue weighted by Gasteiger charge is 2.20. The lowest BCUT2D eigenvalue weighted by Gasteiger charge is -2.25. The summed E-state index contributed by atoms with van der Waals surface area (Å²) in [5.74, 6) is 0.829. The van der Waals surface area contributed by atoms with Crippen molar-refractivity contribution in [1.29, 1.82) is 5.41 Å². The fraction of sp³-hybridized carbons (Fsp3) is 0.214. The number of ether oxygens (including phenoxy) is 1. The number of amidine groups is 1. The molecule has 194 valence electrons. The second-order valence-electron chi connectivity index (χ2n) is 8.74. The SMILES string of the molecule is Cl.Cl.N=C(N)c1ccc2ccc(CN(C(=O)c3cccs3)c3ccc(OC4CCNCC4)cc3)cc2c1. The highest BCUT2D eigenvalue weighted by atomic mass is 35.5. The fourth-order valence-electron chi connectivity index (χ4n) is 4.37. The zero-order valence-corrected chi connectivity index (χ0v) is 22.6. The number of amides is 1. The van der Waals surface area contributed by atoms with Crippen LogP contribution < -0.4 is 20.7 Å². The van der Waals surface area contributed by atoms with Crippen molar-refractivity contribution in [3.8, 4) is 5.75 Å². The molecule has 6 nitrogen and oxygen atoms in total. The van der Waals surface area contributed by atoms with Crippen LogP contribution in [0.25, 0.3) is 10.8 Å². The van der Waals surface area contributed by atoms with Gasteiger partial charge in [-0.05, 0) is 90.1 Å². The summed E-state index contributed by atoms with van der Waals surface area (Å²) in [5, 5.41) is 15.1. The lowest BCUT2D eigenvalue weighted by Crippen LogP contribution is -2.34. The predicted molar refractivity (Wildman–Crippen MR) is 157 cm³/mol. The van der Waals surface area contributed by atoms with Gasteiger partial charge in [0.05, 0.1) is 11.4 Å². The molecule has 0 atom stereocenters. The van der Waals surface area contributed by atoms with Gasteiger partial charge in [-0.15, -0.1) is 36.2 Å². The molecule has 1 aliphatic rings. The molecule has 1 fully saturated rings. The summed E-state index contributed by atoms with van der Waals surface area (Å²) in [6.07, 6.45) is 2.22. The molecular formula is C28H30Cl2N4O2S. The molecule has 4 aromatic rings. The monoisotopic (exact) mass is 556 g/mol. The van der Waals surface area contributed by atoms with Gasteiger partial charge < -0.3 is 20.7 Å². The van der Waals surface area contributed by atoms with Gasteiger partial charge >= 0.3 is 0 Å². The Balaban J connectivity index is 0.00000190. The number of fused-ring (bicyclic) bond motifs is 1. The van der Waals surface area contributed by atoms with Crippen molar-refractivity contribution in [2.24, 2.45) is 5.73 Å². The molecule has 1 amide bonds. The lowest BCUT2D eigenvalue weighted by molar-refractivity contribution is 0.0989. The van der Waals surface area contributed by atoms with Crippen LogP contribution in [0, 0.1) is 5.41 Å². The van der Waals surface area contributed by atoms with Crippen molar-refractivity contribution in [3.05, 3.63) is 94.2 Å². The number of nitrogens with zero attached hydrogens (tertiary/aromatic N) is 1. The highest BCUT2D eigenvalue weighted by molar-refractivity contribution is 7.12. The fourth-order valence-corrected chi connectivity index (χ4v) is 5.04. The molecule has 3 aromatic carbocycles. The normalized spacial score (nSPS) is 13.3. The van der Waals surface area contributed by atoms with E-state index >= 15 is 0 Å². The topological polar surface area (TPSA) is 91.4 Å². The van der Waals surface area contributed by atoms with E-state index in [1.807, 2.05) is 72.1 Å². The van der Waals surface area contributed by atoms with Crippen molar-refractivity contribution in [2.45, 2.75) is 25.5 Å². The van der Waals surface area contributed by atoms with Gasteiger partial charge in [0, 0.05) is 11.3 Å². The van der Waals surface area contributed by atoms with Gasteiger partial charge in [0.1, 0.15) is 17.7 Å². The number of nitrogen functional groups attached to an aromatic ring is 1. The maximum absolute atomic E-state index is 13.5. The Morgan fingerprint density at radius 1 is 1.00 bits per heavy atom. The van der Waals surface area contributed by atoms with Crippen LogP contribution >= 0.6 is 36.2 Å². The molecule has 0 radical (unpaired) electrons. The van der Waals surface area contributed by atoms with Crippen molar-refractivity contribution < 1.29 is 9.53 Å². The van der Waals surface area contributed by atoms with E-state index in [0.29, 0.717) is 17.0 Å². The number of rotatable bonds is 7. The average molecular weight is 558 g/mol. The van der Waals surface area contributed by atoms with Gasteiger partial charge in [0.15, 0.2) is 0 Å². The standard InChI is InChI=1S/C28H28N4O2S.2ClH/c29-27(30)21-6-5-20-4-3-19(16-22(20)17-21)18-32(28(33)26-2-1-15-35-26)23-7-9-24(10-8-23)34-25-11-13-31-14-12-25;;/h1-10,15-17,25,31H,11-14,18H2,(H3,29,30);2*1H. The number of carbonyl (C=O) groups excluding carboxylic acids is 1. The Bertz CT molecular complexity index is 1340. The second-order valence-corrected chi connectivity index (χ2v) is 9.69. The highest BCUT2D eigenvalue weighted by Crippen LogP contribution is 2.27. The Morgan fingerprint density at radius 2 is 1.73 bits per heavy atom. The first-order valence-electron chi connectivity index (χ1n) is 11.8. The number of benzene rings is 3. The molecule has 0 saturated carbocycles. The van der Waals surface area contributed by atoms with Gasteiger partial charge in [0.25, 0.3) is 5.91 Å². The van der Waals surface area contributed by atoms with E-state index in [0.717, 1.165) is 53.7 Å². The smallest absolute Gasteiger partial charge is 0.268 e. The summed E-state index contributed by atoms with van der Waals surface area (Å²) in [4.78, 5) is 16.0. The van der Waals surface area contributed by atoms with Gasteiger partial charge in [0.2, 0.25) is 0 Å². The first-order valence-corrected chi connectivity index (χ1v) is 12.6. The Hall–Kier alpha value is -3.10. The molecule has 0 bridgehead atoms. The molecule has 1 aliphatic heterocycles. The first-order chi connectivity index (χ1) is 17.1. The van der Waals surface area contributed by atoms with Crippen molar-refractivity contribution >= 4 is 64.4 Å². The number of hydrogen-bond donors (Lipinski definition) is 3. The first kappa shape index (κ1) is 28.5. The van der Waals surface area contributed by atoms with Crippen LogP contribution in [-0.4, -0.2) is 30.9 Å². The molecule has 1 aromatic heterocycles. The largest absolute Gasteiger partial charge is 0.490 e. The number of carbonyl (C=O) groups is 1. The lowest BCUT2D eigenvalue weighted by atomic mass is 10.0. The van der Waals surface area contributed by atoms with Crippen molar-refractivity contribution in [3.63, 3.8) is 0 Å². The molecule has 1 saturated heterocycles. The van der Waals surface area contributed by atoms with E-state index in [-0.39, 0.29) is 42.7 Å². The molecule has 9 heteroatoms. The van der Waals surface area contributed by atoms with E-state index in [9.17, 15) is 4.79 Å². The molecule has 0 aliphatic carbocycles. The van der Waals surface area contributed by atoms with E-state index in [1.54, 1.807) is 4.90 Å². The van der Waals surface area contributed by atoms with Crippen LogP contribution in [0.5, 0.6) is 5.75 Å². The number of halogens is 2. The number of nitrogens with one attached hydrogen (secondary N) is 2. The number of thiophene rings is 1. The molecule has 5 rings (SSSR count). The summed E-state index contributed by atoms with van der Waals surface area (Å²) >= 11 is 1.44. The molecule has 0 unspecified atom stereocenters. The summed E-state index contributed by atoms with van der Waals surface area (Å²) < 4.78 is 6.15. The minimum Gasteiger partial charge on any atom is -0.490 e. The van der Waals surface area contributed by atoms with E-state index in [2.05, 4.69) is 11.4 Å². The van der Waals surface area contributed by atoms with Gasteiger partial charge in [-0.2, -0.15) is 0 Å². The Morgan fingerprint density at radius 3 is 2.41 bits per heavy atom. The summed E-state index contributed by atoms with van der Waals surface area (Å²) in [7, 11) is 0. The van der Waals surface area contributed by atoms with Gasteiger partial charge in [-0.3, -0.25) is 10.2 Å². The zero-order valence-electron chi connectivity index (χ0n) is 20.2. The third kappa shape index (κ3) is 6.81. The zero-order chi connectivity index (χ0) is 24.2. The molecule has 0 spiro atoms. The minimum atomic E-state index is -0.0374. The third-order valence-electron chi connectivity index (χ3n) is 6.27. The number of piperidine rings is 1. The Labute approximate surface area is 233 Å². The second kappa shape index (κ2) is 12.9. The maximum Gasteiger partial charge on any atom is 0.268 e. The summed E-state index contributed by atoms with van der Waals surface area (Å²) in [5.41, 5.74) is 8.19. The quantitative estimate of drug-likeness (QED) is 0.192. The minimum absolute atomic E-state index is 0. The number of nitrogens with two attached hydrogens (primary N) is 1. The number of anilines is 1. The molecule has 2 heterocycles. The summed E-state index contributed by atoms with van der Waals surface area (Å²) in [6.45, 7) is 2.38. The van der Waals surface area contributed by atoms with E-state index in [4.69, 9.17) is 15.9 Å². The molecule has 4 N–H and O–H groups in total. The van der Waals surface area contributed by atoms with Crippen LogP contribution in [-0.2, 0) is 6.54 Å². The van der Waals surface area contributed by atoms with Crippen LogP contribution in [0.3, 0.4) is 0 Å². The van der Waals surface area contributed by atoms with Gasteiger partial charge in [-0.1, -0.05) is 30.3 Å². The van der Waals surface area contributed by atoms with E-state index in [1.165, 1.54) is 11.3 Å². The molecule has 37 heavy (non-hydrogen) atoms. The number of hydrogen-bond acceptors (Lipinski definition) is 5. The van der Waals surface area contributed by atoms with Crippen LogP contribution in [0.4, 0.5) is 5.69 Å². The summed E-state index contributed by atoms with van der Waals surface area (Å²) in [6, 6.07) is 23.4. The average Bonchev–Trinajstić information content (AvgIpc) is 3.43. The van der Waals surface area contributed by atoms with Gasteiger partial charge in [-0.25, -0.2) is 0 Å². The van der Waals surface area contributed by atoms with Crippen molar-refractivity contribution in [1.82, 2.24) is 5.32 Å². The maximum atomic E-state index is 13.5. The van der Waals surface area contributed by atoms with Crippen LogP contribution in [0.15, 0.2) is 78.2 Å². The van der Waals surface area contributed by atoms with E-state index < -0.39 is 0 Å². The third-order valence-corrected chi connectivity index (χ3v) is 7.13. The molecular weight excluding hydrogens is 527 g/mol. The van der Waals surface area contributed by atoms with Crippen molar-refractivity contribution in [2.75, 3.05) is 18.0 Å². The van der Waals surface area contributed by atoms with Crippen LogP contribution in [0.2, 0.25) is 0 Å². The predicted octanol–water partition coefficient (Wildman–Crippen LogP) is 6.01.